The lowest BCUT2D eigenvalue weighted by molar-refractivity contribution is 0.155. The Balaban J connectivity index is 2.05. The molecule has 0 aliphatic carbocycles. The van der Waals surface area contributed by atoms with E-state index in [2.05, 4.69) is 25.2 Å². The number of hydrogen-bond acceptors (Lipinski definition) is 2. The standard InChI is InChI=1S/C18H21NO2/c1-12-10-13(2)17(15(4)14(12)3)19-18(20)21-11-16-8-6-5-7-9-16/h5-10H,11H2,1-4H3,(H,19,20). The Hall–Kier alpha value is -2.29. The molecule has 2 aromatic carbocycles. The molecule has 0 unspecified atom stereocenters. The van der Waals surface area contributed by atoms with E-state index in [-0.39, 0.29) is 6.61 Å². The molecule has 0 atom stereocenters. The normalized spacial score (nSPS) is 10.3. The molecule has 1 N–H and O–H groups in total. The molecule has 0 heterocycles. The molecule has 3 nitrogen and oxygen atoms in total. The van der Waals surface area contributed by atoms with Gasteiger partial charge in [-0.3, -0.25) is 5.32 Å². The second-order valence-corrected chi connectivity index (χ2v) is 5.32. The molecule has 0 spiro atoms. The summed E-state index contributed by atoms with van der Waals surface area (Å²) in [6.07, 6.45) is -0.423. The third-order valence-corrected chi connectivity index (χ3v) is 3.80. The van der Waals surface area contributed by atoms with Gasteiger partial charge in [0.25, 0.3) is 0 Å². The van der Waals surface area contributed by atoms with Crippen LogP contribution in [0.15, 0.2) is 36.4 Å². The van der Waals surface area contributed by atoms with Crippen molar-refractivity contribution in [2.75, 3.05) is 5.32 Å². The first-order valence-electron chi connectivity index (χ1n) is 7.04. The summed E-state index contributed by atoms with van der Waals surface area (Å²) in [7, 11) is 0. The molecule has 21 heavy (non-hydrogen) atoms. The maximum atomic E-state index is 12.0. The number of carbonyl (C=O) groups is 1. The molecule has 3 heteroatoms. The van der Waals surface area contributed by atoms with Gasteiger partial charge < -0.3 is 4.74 Å². The second kappa shape index (κ2) is 6.44. The number of anilines is 1. The Morgan fingerprint density at radius 1 is 1.00 bits per heavy atom. The quantitative estimate of drug-likeness (QED) is 0.889. The first kappa shape index (κ1) is 15.1. The first-order chi connectivity index (χ1) is 9.99. The molecule has 0 fully saturated rings. The maximum absolute atomic E-state index is 12.0. The second-order valence-electron chi connectivity index (χ2n) is 5.32. The predicted molar refractivity (Wildman–Crippen MR) is 85.6 cm³/mol. The summed E-state index contributed by atoms with van der Waals surface area (Å²) < 4.78 is 5.26. The maximum Gasteiger partial charge on any atom is 0.411 e. The molecule has 0 aromatic heterocycles. The van der Waals surface area contributed by atoms with Crippen molar-refractivity contribution in [1.29, 1.82) is 0 Å². The minimum atomic E-state index is -0.423. The molecular formula is C18H21NO2. The minimum Gasteiger partial charge on any atom is -0.444 e. The number of benzene rings is 2. The highest BCUT2D eigenvalue weighted by atomic mass is 16.5. The van der Waals surface area contributed by atoms with Crippen LogP contribution in [-0.4, -0.2) is 6.09 Å². The van der Waals surface area contributed by atoms with Gasteiger partial charge in [-0.05, 0) is 55.5 Å². The van der Waals surface area contributed by atoms with Crippen molar-refractivity contribution in [3.05, 3.63) is 64.2 Å². The van der Waals surface area contributed by atoms with Crippen LogP contribution < -0.4 is 5.32 Å². The van der Waals surface area contributed by atoms with Crippen LogP contribution in [0, 0.1) is 27.7 Å². The van der Waals surface area contributed by atoms with Crippen LogP contribution in [0.4, 0.5) is 10.5 Å². The molecule has 0 aliphatic rings. The smallest absolute Gasteiger partial charge is 0.411 e. The Bertz CT molecular complexity index is 648. The van der Waals surface area contributed by atoms with Crippen LogP contribution >= 0.6 is 0 Å². The van der Waals surface area contributed by atoms with Crippen molar-refractivity contribution in [3.63, 3.8) is 0 Å². The van der Waals surface area contributed by atoms with E-state index in [1.807, 2.05) is 44.2 Å². The van der Waals surface area contributed by atoms with E-state index in [1.165, 1.54) is 11.1 Å². The van der Waals surface area contributed by atoms with E-state index in [9.17, 15) is 4.79 Å². The summed E-state index contributed by atoms with van der Waals surface area (Å²) >= 11 is 0. The number of nitrogens with one attached hydrogen (secondary N) is 1. The number of ether oxygens (including phenoxy) is 1. The molecular weight excluding hydrogens is 262 g/mol. The van der Waals surface area contributed by atoms with Crippen molar-refractivity contribution >= 4 is 11.8 Å². The third-order valence-electron chi connectivity index (χ3n) is 3.80. The largest absolute Gasteiger partial charge is 0.444 e. The fourth-order valence-electron chi connectivity index (χ4n) is 2.34. The van der Waals surface area contributed by atoms with Crippen molar-refractivity contribution in [2.24, 2.45) is 0 Å². The van der Waals surface area contributed by atoms with Crippen LogP contribution in [0.25, 0.3) is 0 Å². The summed E-state index contributed by atoms with van der Waals surface area (Å²) in [5, 5.41) is 2.86. The van der Waals surface area contributed by atoms with Crippen LogP contribution in [-0.2, 0) is 11.3 Å². The van der Waals surface area contributed by atoms with Gasteiger partial charge >= 0.3 is 6.09 Å². The van der Waals surface area contributed by atoms with Gasteiger partial charge in [-0.1, -0.05) is 36.4 Å². The van der Waals surface area contributed by atoms with Crippen LogP contribution in [0.1, 0.15) is 27.8 Å². The monoisotopic (exact) mass is 283 g/mol. The highest BCUT2D eigenvalue weighted by Crippen LogP contribution is 2.26. The van der Waals surface area contributed by atoms with E-state index < -0.39 is 6.09 Å². The predicted octanol–water partition coefficient (Wildman–Crippen LogP) is 4.67. The third kappa shape index (κ3) is 3.63. The molecule has 0 aliphatic heterocycles. The van der Waals surface area contributed by atoms with Gasteiger partial charge in [0.2, 0.25) is 0 Å². The summed E-state index contributed by atoms with van der Waals surface area (Å²) in [6, 6.07) is 11.7. The topological polar surface area (TPSA) is 38.3 Å². The van der Waals surface area contributed by atoms with Crippen molar-refractivity contribution in [3.8, 4) is 0 Å². The van der Waals surface area contributed by atoms with Crippen LogP contribution in [0.3, 0.4) is 0 Å². The van der Waals surface area contributed by atoms with E-state index >= 15 is 0 Å². The van der Waals surface area contributed by atoms with Gasteiger partial charge in [0.05, 0.1) is 5.69 Å². The molecule has 2 aromatic rings. The summed E-state index contributed by atoms with van der Waals surface area (Å²) in [5.74, 6) is 0. The number of amides is 1. The Kier molecular flexibility index (Phi) is 4.63. The SMILES string of the molecule is Cc1cc(C)c(NC(=O)OCc2ccccc2)c(C)c1C. The Morgan fingerprint density at radius 2 is 1.67 bits per heavy atom. The lowest BCUT2D eigenvalue weighted by atomic mass is 9.98. The molecule has 1 amide bonds. The molecule has 2 rings (SSSR count). The molecule has 110 valence electrons. The van der Waals surface area contributed by atoms with Gasteiger partial charge in [0, 0.05) is 0 Å². The lowest BCUT2D eigenvalue weighted by Crippen LogP contribution is -2.15. The fourth-order valence-corrected chi connectivity index (χ4v) is 2.34. The van der Waals surface area contributed by atoms with Crippen LogP contribution in [0.2, 0.25) is 0 Å². The first-order valence-corrected chi connectivity index (χ1v) is 7.04. The zero-order valence-electron chi connectivity index (χ0n) is 13.0. The molecule has 0 radical (unpaired) electrons. The average Bonchev–Trinajstić information content (AvgIpc) is 2.48. The highest BCUT2D eigenvalue weighted by Gasteiger charge is 2.11. The summed E-state index contributed by atoms with van der Waals surface area (Å²) in [5.41, 5.74) is 6.38. The van der Waals surface area contributed by atoms with Gasteiger partial charge in [0.1, 0.15) is 6.61 Å². The molecule has 0 bridgehead atoms. The van der Waals surface area contributed by atoms with E-state index in [1.54, 1.807) is 0 Å². The number of carbonyl (C=O) groups excluding carboxylic acids is 1. The van der Waals surface area contributed by atoms with Gasteiger partial charge in [0.15, 0.2) is 0 Å². The highest BCUT2D eigenvalue weighted by molar-refractivity contribution is 5.87. The zero-order valence-corrected chi connectivity index (χ0v) is 13.0. The minimum absolute atomic E-state index is 0.273. The number of rotatable bonds is 3. The summed E-state index contributed by atoms with van der Waals surface area (Å²) in [4.78, 5) is 12.0. The number of aryl methyl sites for hydroxylation is 2. The molecule has 0 saturated heterocycles. The van der Waals surface area contributed by atoms with Gasteiger partial charge in [-0.15, -0.1) is 0 Å². The van der Waals surface area contributed by atoms with Crippen molar-refractivity contribution in [2.45, 2.75) is 34.3 Å². The van der Waals surface area contributed by atoms with E-state index in [4.69, 9.17) is 4.74 Å². The van der Waals surface area contributed by atoms with Crippen LogP contribution in [0.5, 0.6) is 0 Å². The summed E-state index contributed by atoms with van der Waals surface area (Å²) in [6.45, 7) is 8.42. The molecule has 0 saturated carbocycles. The van der Waals surface area contributed by atoms with Gasteiger partial charge in [-0.25, -0.2) is 4.79 Å². The Morgan fingerprint density at radius 3 is 2.33 bits per heavy atom. The van der Waals surface area contributed by atoms with Crippen molar-refractivity contribution in [1.82, 2.24) is 0 Å². The lowest BCUT2D eigenvalue weighted by Gasteiger charge is -2.16. The zero-order chi connectivity index (χ0) is 15.4. The fraction of sp³-hybridized carbons (Fsp3) is 0.278. The average molecular weight is 283 g/mol. The van der Waals surface area contributed by atoms with Gasteiger partial charge in [-0.2, -0.15) is 0 Å². The van der Waals surface area contributed by atoms with Crippen molar-refractivity contribution < 1.29 is 9.53 Å². The van der Waals surface area contributed by atoms with E-state index in [0.717, 1.165) is 22.4 Å². The van der Waals surface area contributed by atoms with E-state index in [0.29, 0.717) is 0 Å². The Labute approximate surface area is 126 Å². The number of hydrogen-bond donors (Lipinski definition) is 1.